The number of hydrogen-bond donors (Lipinski definition) is 2. The number of methoxy groups -OCH3 is 1. The van der Waals surface area contributed by atoms with E-state index in [0.29, 0.717) is 5.75 Å². The number of aromatic nitrogens is 3. The van der Waals surface area contributed by atoms with Gasteiger partial charge in [0.15, 0.2) is 0 Å². The molecule has 166 valence electrons. The first-order valence-corrected chi connectivity index (χ1v) is 8.61. The first-order chi connectivity index (χ1) is 15.2. The Morgan fingerprint density at radius 3 is 2.62 bits per heavy atom. The van der Waals surface area contributed by atoms with Gasteiger partial charge in [-0.3, -0.25) is 4.79 Å². The molecule has 1 aromatic carbocycles. The number of pyridine rings is 1. The number of benzene rings is 1. The quantitative estimate of drug-likeness (QED) is 0.336. The average Bonchev–Trinajstić information content (AvgIpc) is 2.75. The van der Waals surface area contributed by atoms with Crippen molar-refractivity contribution in [3.8, 4) is 28.8 Å². The van der Waals surface area contributed by atoms with Gasteiger partial charge in [-0.15, -0.1) is 13.2 Å². The Morgan fingerprint density at radius 2 is 1.97 bits per heavy atom. The van der Waals surface area contributed by atoms with Gasteiger partial charge in [0, 0.05) is 23.4 Å². The molecule has 0 saturated carbocycles. The first-order valence-electron chi connectivity index (χ1n) is 8.61. The minimum atomic E-state index is -4.91. The highest BCUT2D eigenvalue weighted by Crippen LogP contribution is 2.27. The van der Waals surface area contributed by atoms with Crippen LogP contribution in [0.25, 0.3) is 11.3 Å². The number of carbonyl (C=O) groups is 1. The zero-order valence-corrected chi connectivity index (χ0v) is 16.1. The van der Waals surface area contributed by atoms with Crippen LogP contribution in [0.4, 0.5) is 17.6 Å². The Hall–Kier alpha value is -4.29. The monoisotopic (exact) mass is 451 g/mol. The zero-order valence-electron chi connectivity index (χ0n) is 16.1. The molecular weight excluding hydrogens is 438 g/mol. The minimum Gasteiger partial charge on any atom is -0.497 e. The van der Waals surface area contributed by atoms with Gasteiger partial charge >= 0.3 is 6.36 Å². The van der Waals surface area contributed by atoms with Crippen molar-refractivity contribution in [1.29, 1.82) is 0 Å². The van der Waals surface area contributed by atoms with E-state index in [9.17, 15) is 27.5 Å². The molecule has 0 fully saturated rings. The molecule has 3 rings (SSSR count). The fourth-order valence-corrected chi connectivity index (χ4v) is 2.35. The SMILES string of the molecule is COc1ccc(F)c(/C=N/NC(=O)c2cnc(O)c(-c3ccc(OC(F)(F)F)nc3)n2)c1. The molecule has 0 bridgehead atoms. The predicted octanol–water partition coefficient (Wildman–Crippen LogP) is 3.05. The summed E-state index contributed by atoms with van der Waals surface area (Å²) < 4.78 is 59.1. The van der Waals surface area contributed by atoms with Crippen LogP contribution in [0.3, 0.4) is 0 Å². The number of ether oxygens (including phenoxy) is 2. The van der Waals surface area contributed by atoms with Crippen molar-refractivity contribution in [3.63, 3.8) is 0 Å². The molecule has 9 nitrogen and oxygen atoms in total. The van der Waals surface area contributed by atoms with Crippen molar-refractivity contribution in [2.75, 3.05) is 7.11 Å². The van der Waals surface area contributed by atoms with E-state index in [2.05, 4.69) is 30.2 Å². The lowest BCUT2D eigenvalue weighted by Crippen LogP contribution is -2.19. The van der Waals surface area contributed by atoms with Crippen molar-refractivity contribution < 1.29 is 36.9 Å². The Labute approximate surface area is 177 Å². The second-order valence-electron chi connectivity index (χ2n) is 5.95. The number of carbonyl (C=O) groups excluding carboxylic acids is 1. The van der Waals surface area contributed by atoms with Crippen molar-refractivity contribution in [2.45, 2.75) is 6.36 Å². The maximum Gasteiger partial charge on any atom is 0.574 e. The van der Waals surface area contributed by atoms with Crippen LogP contribution in [-0.4, -0.2) is 45.7 Å². The maximum absolute atomic E-state index is 13.8. The van der Waals surface area contributed by atoms with E-state index in [-0.39, 0.29) is 22.5 Å². The molecule has 1 amide bonds. The molecule has 2 N–H and O–H groups in total. The molecule has 0 saturated heterocycles. The van der Waals surface area contributed by atoms with Gasteiger partial charge < -0.3 is 14.6 Å². The van der Waals surface area contributed by atoms with Crippen LogP contribution in [0.15, 0.2) is 47.8 Å². The van der Waals surface area contributed by atoms with Crippen molar-refractivity contribution in [1.82, 2.24) is 20.4 Å². The number of rotatable bonds is 6. The molecule has 32 heavy (non-hydrogen) atoms. The molecule has 0 radical (unpaired) electrons. The van der Waals surface area contributed by atoms with Gasteiger partial charge in [-0.25, -0.2) is 24.8 Å². The number of nitrogens with zero attached hydrogens (tertiary/aromatic N) is 4. The smallest absolute Gasteiger partial charge is 0.497 e. The van der Waals surface area contributed by atoms with Gasteiger partial charge in [-0.1, -0.05) is 0 Å². The second kappa shape index (κ2) is 9.24. The molecule has 0 aliphatic heterocycles. The lowest BCUT2D eigenvalue weighted by Gasteiger charge is -2.09. The molecule has 3 aromatic rings. The Morgan fingerprint density at radius 1 is 1.19 bits per heavy atom. The van der Waals surface area contributed by atoms with Crippen LogP contribution in [0.2, 0.25) is 0 Å². The summed E-state index contributed by atoms with van der Waals surface area (Å²) in [5, 5.41) is 13.5. The summed E-state index contributed by atoms with van der Waals surface area (Å²) >= 11 is 0. The van der Waals surface area contributed by atoms with Crippen LogP contribution in [0, 0.1) is 5.82 Å². The second-order valence-corrected chi connectivity index (χ2v) is 5.95. The van der Waals surface area contributed by atoms with Crippen LogP contribution in [0.5, 0.6) is 17.5 Å². The van der Waals surface area contributed by atoms with Crippen molar-refractivity contribution >= 4 is 12.1 Å². The molecule has 0 aliphatic carbocycles. The Kier molecular flexibility index (Phi) is 6.47. The highest BCUT2D eigenvalue weighted by molar-refractivity contribution is 5.93. The molecule has 13 heteroatoms. The molecule has 0 atom stereocenters. The van der Waals surface area contributed by atoms with Gasteiger partial charge in [-0.2, -0.15) is 5.10 Å². The summed E-state index contributed by atoms with van der Waals surface area (Å²) in [4.78, 5) is 23.3. The van der Waals surface area contributed by atoms with Gasteiger partial charge in [0.05, 0.1) is 19.5 Å². The lowest BCUT2D eigenvalue weighted by molar-refractivity contribution is -0.276. The number of hydrogen-bond acceptors (Lipinski definition) is 8. The minimum absolute atomic E-state index is 0.0503. The van der Waals surface area contributed by atoms with E-state index < -0.39 is 29.8 Å². The molecule has 0 aliphatic rings. The van der Waals surface area contributed by atoms with Gasteiger partial charge in [0.2, 0.25) is 11.8 Å². The van der Waals surface area contributed by atoms with E-state index in [0.717, 1.165) is 30.7 Å². The average molecular weight is 451 g/mol. The fraction of sp³-hybridized carbons (Fsp3) is 0.105. The largest absolute Gasteiger partial charge is 0.574 e. The van der Waals surface area contributed by atoms with Crippen LogP contribution >= 0.6 is 0 Å². The Bertz CT molecular complexity index is 1150. The third kappa shape index (κ3) is 5.65. The number of aromatic hydroxyl groups is 1. The van der Waals surface area contributed by atoms with E-state index >= 15 is 0 Å². The normalized spacial score (nSPS) is 11.4. The summed E-state index contributed by atoms with van der Waals surface area (Å²) in [6.45, 7) is 0. The first kappa shape index (κ1) is 22.4. The maximum atomic E-state index is 13.8. The van der Waals surface area contributed by atoms with Gasteiger partial charge in [0.25, 0.3) is 5.91 Å². The van der Waals surface area contributed by atoms with Crippen LogP contribution in [-0.2, 0) is 0 Å². The third-order valence-corrected chi connectivity index (χ3v) is 3.79. The number of halogens is 4. The van der Waals surface area contributed by atoms with E-state index in [1.54, 1.807) is 0 Å². The van der Waals surface area contributed by atoms with Crippen molar-refractivity contribution in [2.24, 2.45) is 5.10 Å². The van der Waals surface area contributed by atoms with Crippen molar-refractivity contribution in [3.05, 3.63) is 59.8 Å². The summed E-state index contributed by atoms with van der Waals surface area (Å²) in [6.07, 6.45) is -1.96. The van der Waals surface area contributed by atoms with Crippen LogP contribution in [0.1, 0.15) is 16.1 Å². The van der Waals surface area contributed by atoms with Gasteiger partial charge in [-0.05, 0) is 24.3 Å². The fourth-order valence-electron chi connectivity index (χ4n) is 2.35. The number of nitrogens with one attached hydrogen (secondary N) is 1. The third-order valence-electron chi connectivity index (χ3n) is 3.79. The topological polar surface area (TPSA) is 119 Å². The Balaban J connectivity index is 1.76. The van der Waals surface area contributed by atoms with Gasteiger partial charge in [0.1, 0.15) is 23.0 Å². The van der Waals surface area contributed by atoms with Crippen LogP contribution < -0.4 is 14.9 Å². The summed E-state index contributed by atoms with van der Waals surface area (Å²) in [7, 11) is 1.41. The molecule has 2 heterocycles. The lowest BCUT2D eigenvalue weighted by atomic mass is 10.2. The molecular formula is C19H13F4N5O4. The molecule has 2 aromatic heterocycles. The number of alkyl halides is 3. The van der Waals surface area contributed by atoms with E-state index in [1.807, 2.05) is 0 Å². The zero-order chi connectivity index (χ0) is 23.3. The van der Waals surface area contributed by atoms with E-state index in [4.69, 9.17) is 4.74 Å². The van der Waals surface area contributed by atoms with E-state index in [1.165, 1.54) is 25.3 Å². The highest BCUT2D eigenvalue weighted by atomic mass is 19.4. The molecule has 0 unspecified atom stereocenters. The summed E-state index contributed by atoms with van der Waals surface area (Å²) in [6, 6.07) is 5.99. The highest BCUT2D eigenvalue weighted by Gasteiger charge is 2.31. The predicted molar refractivity (Wildman–Crippen MR) is 102 cm³/mol. The number of amides is 1. The summed E-state index contributed by atoms with van der Waals surface area (Å²) in [5.41, 5.74) is 1.75. The molecule has 0 spiro atoms. The number of hydrazone groups is 1. The summed E-state index contributed by atoms with van der Waals surface area (Å²) in [5.74, 6) is -2.37. The standard InChI is InChI=1S/C19H13F4N5O4/c1-31-12-3-4-13(20)11(6-12)8-26-28-17(29)14-9-25-18(30)16(27-14)10-2-5-15(24-7-10)32-19(21,22)23/h2-9H,1H3,(H,25,30)(H,28,29)/b26-8+.